The maximum atomic E-state index is 13.5. The van der Waals surface area contributed by atoms with Crippen molar-refractivity contribution >= 4 is 22.7 Å². The molecule has 0 bridgehead atoms. The van der Waals surface area contributed by atoms with Crippen molar-refractivity contribution in [3.63, 3.8) is 0 Å². The van der Waals surface area contributed by atoms with Crippen molar-refractivity contribution in [3.05, 3.63) is 107 Å². The third kappa shape index (κ3) is 4.01. The minimum Gasteiger partial charge on any atom is -0.497 e. The molecule has 7 nitrogen and oxygen atoms in total. The van der Waals surface area contributed by atoms with Crippen LogP contribution in [0.25, 0.3) is 11.0 Å². The Hall–Kier alpha value is -4.26. The van der Waals surface area contributed by atoms with Crippen LogP contribution in [0.2, 0.25) is 0 Å². The minimum absolute atomic E-state index is 0.125. The summed E-state index contributed by atoms with van der Waals surface area (Å²) in [5.41, 5.74) is 3.70. The Morgan fingerprint density at radius 3 is 2.48 bits per heavy atom. The molecule has 0 N–H and O–H groups in total. The Balaban J connectivity index is 1.52. The van der Waals surface area contributed by atoms with Crippen molar-refractivity contribution in [1.82, 2.24) is 14.6 Å². The van der Waals surface area contributed by atoms with E-state index in [0.717, 1.165) is 22.6 Å². The molecule has 1 aliphatic heterocycles. The molecule has 0 fully saturated rings. The molecule has 0 saturated heterocycles. The van der Waals surface area contributed by atoms with Crippen LogP contribution in [0.4, 0.5) is 0 Å². The Labute approximate surface area is 190 Å². The molecular formula is C26H22N4O3. The van der Waals surface area contributed by atoms with Crippen LogP contribution in [0, 0.1) is 0 Å². The molecule has 1 atom stereocenters. The number of carbonyl (C=O) groups excluding carboxylic acids is 1. The average Bonchev–Trinajstić information content (AvgIpc) is 3.32. The number of para-hydroxylation sites is 2. The molecule has 164 valence electrons. The number of nitrogens with zero attached hydrogens (tertiary/aromatic N) is 4. The molecule has 0 unspecified atom stereocenters. The van der Waals surface area contributed by atoms with Crippen LogP contribution >= 0.6 is 0 Å². The summed E-state index contributed by atoms with van der Waals surface area (Å²) in [7, 11) is 1.62. The van der Waals surface area contributed by atoms with E-state index in [2.05, 4.69) is 4.98 Å². The van der Waals surface area contributed by atoms with Crippen LogP contribution < -0.4 is 10.3 Å². The van der Waals surface area contributed by atoms with E-state index >= 15 is 0 Å². The average molecular weight is 438 g/mol. The molecule has 0 aliphatic carbocycles. The molecule has 1 aliphatic rings. The third-order valence-corrected chi connectivity index (χ3v) is 5.82. The second-order valence-corrected chi connectivity index (χ2v) is 7.82. The van der Waals surface area contributed by atoms with Crippen LogP contribution in [-0.2, 0) is 11.3 Å². The third-order valence-electron chi connectivity index (χ3n) is 5.82. The predicted molar refractivity (Wildman–Crippen MR) is 126 cm³/mol. The number of hydrogen-bond acceptors (Lipinski definition) is 5. The fourth-order valence-electron chi connectivity index (χ4n) is 4.12. The van der Waals surface area contributed by atoms with Gasteiger partial charge in [-0.15, -0.1) is 0 Å². The summed E-state index contributed by atoms with van der Waals surface area (Å²) in [5.74, 6) is 0.480. The van der Waals surface area contributed by atoms with Gasteiger partial charge < -0.3 is 4.74 Å². The number of hydrogen-bond donors (Lipinski definition) is 0. The van der Waals surface area contributed by atoms with Crippen molar-refractivity contribution in [2.45, 2.75) is 19.0 Å². The van der Waals surface area contributed by atoms with Gasteiger partial charge in [0.1, 0.15) is 12.3 Å². The summed E-state index contributed by atoms with van der Waals surface area (Å²) in [5, 5.41) is 6.21. The predicted octanol–water partition coefficient (Wildman–Crippen LogP) is 3.78. The topological polar surface area (TPSA) is 76.8 Å². The van der Waals surface area contributed by atoms with E-state index in [9.17, 15) is 9.59 Å². The molecular weight excluding hydrogens is 416 g/mol. The first-order valence-electron chi connectivity index (χ1n) is 10.7. The van der Waals surface area contributed by atoms with Crippen LogP contribution in [0.3, 0.4) is 0 Å². The molecule has 3 aromatic carbocycles. The number of benzene rings is 3. The second-order valence-electron chi connectivity index (χ2n) is 7.82. The fraction of sp³-hybridized carbons (Fsp3) is 0.154. The minimum atomic E-state index is -0.325. The van der Waals surface area contributed by atoms with E-state index in [4.69, 9.17) is 9.84 Å². The molecule has 2 heterocycles. The zero-order valence-corrected chi connectivity index (χ0v) is 18.1. The first-order valence-corrected chi connectivity index (χ1v) is 10.7. The normalized spacial score (nSPS) is 15.5. The summed E-state index contributed by atoms with van der Waals surface area (Å²) in [6, 6.07) is 24.5. The number of amides is 1. The van der Waals surface area contributed by atoms with Gasteiger partial charge in [0.15, 0.2) is 0 Å². The van der Waals surface area contributed by atoms with E-state index in [1.807, 2.05) is 72.8 Å². The van der Waals surface area contributed by atoms with Crippen molar-refractivity contribution in [3.8, 4) is 5.75 Å². The fourth-order valence-corrected chi connectivity index (χ4v) is 4.12. The smallest absolute Gasteiger partial charge is 0.269 e. The highest BCUT2D eigenvalue weighted by Gasteiger charge is 2.33. The molecule has 5 rings (SSSR count). The first kappa shape index (κ1) is 20.6. The highest BCUT2D eigenvalue weighted by Crippen LogP contribution is 2.33. The van der Waals surface area contributed by atoms with Crippen molar-refractivity contribution in [2.24, 2.45) is 5.10 Å². The van der Waals surface area contributed by atoms with Crippen LogP contribution in [-0.4, -0.2) is 33.3 Å². The molecule has 33 heavy (non-hydrogen) atoms. The van der Waals surface area contributed by atoms with Crippen LogP contribution in [0.5, 0.6) is 5.75 Å². The molecule has 1 amide bonds. The Morgan fingerprint density at radius 2 is 1.73 bits per heavy atom. The SMILES string of the molecule is COc1ccc([C@H]2CC(c3ccccc3)=NN2C(=O)Cn2c(=O)cnc3ccccc32)cc1. The van der Waals surface area contributed by atoms with Crippen molar-refractivity contribution in [2.75, 3.05) is 7.11 Å². The molecule has 0 saturated carbocycles. The zero-order chi connectivity index (χ0) is 22.8. The molecule has 1 aromatic heterocycles. The van der Waals surface area contributed by atoms with Gasteiger partial charge in [-0.2, -0.15) is 5.10 Å². The Bertz CT molecular complexity index is 1390. The monoisotopic (exact) mass is 438 g/mol. The molecule has 4 aromatic rings. The van der Waals surface area contributed by atoms with Gasteiger partial charge >= 0.3 is 0 Å². The van der Waals surface area contributed by atoms with Gasteiger partial charge in [-0.25, -0.2) is 9.99 Å². The van der Waals surface area contributed by atoms with Gasteiger partial charge in [0.05, 0.1) is 36.1 Å². The number of ether oxygens (including phenoxy) is 1. The van der Waals surface area contributed by atoms with Crippen LogP contribution in [0.15, 0.2) is 95.0 Å². The first-order chi connectivity index (χ1) is 16.1. The summed E-state index contributed by atoms with van der Waals surface area (Å²) >= 11 is 0. The Kier molecular flexibility index (Phi) is 5.44. The van der Waals surface area contributed by atoms with Gasteiger partial charge in [0, 0.05) is 6.42 Å². The number of fused-ring (bicyclic) bond motifs is 1. The summed E-state index contributed by atoms with van der Waals surface area (Å²) < 4.78 is 6.73. The number of methoxy groups -OCH3 is 1. The van der Waals surface area contributed by atoms with Crippen molar-refractivity contribution < 1.29 is 9.53 Å². The largest absolute Gasteiger partial charge is 0.497 e. The summed E-state index contributed by atoms with van der Waals surface area (Å²) in [4.78, 5) is 30.3. The number of rotatable bonds is 5. The van der Waals surface area contributed by atoms with E-state index in [0.29, 0.717) is 17.5 Å². The lowest BCUT2D eigenvalue weighted by molar-refractivity contribution is -0.133. The molecule has 7 heteroatoms. The molecule has 0 spiro atoms. The maximum Gasteiger partial charge on any atom is 0.269 e. The van der Waals surface area contributed by atoms with Gasteiger partial charge in [-0.1, -0.05) is 54.6 Å². The van der Waals surface area contributed by atoms with Crippen LogP contribution in [0.1, 0.15) is 23.6 Å². The summed E-state index contributed by atoms with van der Waals surface area (Å²) in [6.45, 7) is -0.125. The second kappa shape index (κ2) is 8.70. The zero-order valence-electron chi connectivity index (χ0n) is 18.1. The standard InChI is InChI=1S/C26H22N4O3/c1-33-20-13-11-19(12-14-20)24-15-22(18-7-3-2-4-8-18)28-30(24)26(32)17-29-23-10-6-5-9-21(23)27-16-25(29)31/h2-14,16,24H,15,17H2,1H3/t24-/m1/s1. The van der Waals surface area contributed by atoms with E-state index in [1.165, 1.54) is 15.8 Å². The van der Waals surface area contributed by atoms with Gasteiger partial charge in [0.25, 0.3) is 11.5 Å². The number of carbonyl (C=O) groups is 1. The summed E-state index contributed by atoms with van der Waals surface area (Å²) in [6.07, 6.45) is 1.83. The van der Waals surface area contributed by atoms with Gasteiger partial charge in [-0.05, 0) is 35.4 Å². The highest BCUT2D eigenvalue weighted by molar-refractivity contribution is 6.03. The van der Waals surface area contributed by atoms with E-state index < -0.39 is 0 Å². The lowest BCUT2D eigenvalue weighted by Crippen LogP contribution is -2.34. The van der Waals surface area contributed by atoms with Gasteiger partial charge in [-0.3, -0.25) is 14.2 Å². The maximum absolute atomic E-state index is 13.5. The quantitative estimate of drug-likeness (QED) is 0.475. The Morgan fingerprint density at radius 1 is 1.00 bits per heavy atom. The number of aromatic nitrogens is 2. The van der Waals surface area contributed by atoms with Gasteiger partial charge in [0.2, 0.25) is 0 Å². The number of hydrazone groups is 1. The lowest BCUT2D eigenvalue weighted by Gasteiger charge is -2.23. The van der Waals surface area contributed by atoms with E-state index in [-0.39, 0.29) is 24.1 Å². The van der Waals surface area contributed by atoms with Crippen molar-refractivity contribution in [1.29, 1.82) is 0 Å². The molecule has 0 radical (unpaired) electrons. The lowest BCUT2D eigenvalue weighted by atomic mass is 9.98. The van der Waals surface area contributed by atoms with E-state index in [1.54, 1.807) is 13.2 Å². The highest BCUT2D eigenvalue weighted by atomic mass is 16.5.